The highest BCUT2D eigenvalue weighted by atomic mass is 16.3. The van der Waals surface area contributed by atoms with E-state index in [1.165, 1.54) is 0 Å². The lowest BCUT2D eigenvalue weighted by molar-refractivity contribution is 0.112. The van der Waals surface area contributed by atoms with Crippen LogP contribution in [0.5, 0.6) is 0 Å². The van der Waals surface area contributed by atoms with Crippen molar-refractivity contribution in [3.8, 4) is 0 Å². The van der Waals surface area contributed by atoms with Gasteiger partial charge in [0.1, 0.15) is 0 Å². The number of aliphatic hydroxyl groups excluding tert-OH is 1. The summed E-state index contributed by atoms with van der Waals surface area (Å²) in [6.45, 7) is 11.2. The Kier molecular flexibility index (Phi) is 6.00. The van der Waals surface area contributed by atoms with Gasteiger partial charge in [0.2, 0.25) is 0 Å². The van der Waals surface area contributed by atoms with E-state index in [0.717, 1.165) is 19.4 Å². The molecule has 13 heavy (non-hydrogen) atoms. The molecule has 0 spiro atoms. The van der Waals surface area contributed by atoms with Gasteiger partial charge in [-0.25, -0.2) is 0 Å². The number of aliphatic hydroxyl groups is 1. The molecule has 2 heteroatoms. The van der Waals surface area contributed by atoms with Crippen molar-refractivity contribution < 1.29 is 5.11 Å². The molecule has 1 atom stereocenters. The monoisotopic (exact) mass is 185 g/mol. The van der Waals surface area contributed by atoms with Gasteiger partial charge in [-0.05, 0) is 19.8 Å². The minimum Gasteiger partial charge on any atom is -0.396 e. The SMILES string of the molecule is C=CC(C)NCC(CC)(CC)CO. The third-order valence-corrected chi connectivity index (χ3v) is 2.99. The van der Waals surface area contributed by atoms with Gasteiger partial charge in [-0.1, -0.05) is 19.9 Å². The summed E-state index contributed by atoms with van der Waals surface area (Å²) in [6.07, 6.45) is 3.90. The fourth-order valence-corrected chi connectivity index (χ4v) is 1.24. The fraction of sp³-hybridized carbons (Fsp3) is 0.818. The molecule has 2 nitrogen and oxygen atoms in total. The average molecular weight is 185 g/mol. The number of rotatable bonds is 7. The van der Waals surface area contributed by atoms with Crippen LogP contribution in [0.15, 0.2) is 12.7 Å². The molecule has 78 valence electrons. The number of nitrogens with one attached hydrogen (secondary N) is 1. The molecule has 0 aliphatic carbocycles. The molecule has 0 bridgehead atoms. The summed E-state index contributed by atoms with van der Waals surface area (Å²) in [5.74, 6) is 0. The van der Waals surface area contributed by atoms with Crippen LogP contribution >= 0.6 is 0 Å². The second kappa shape index (κ2) is 6.17. The average Bonchev–Trinajstić information content (AvgIpc) is 2.20. The summed E-state index contributed by atoms with van der Waals surface area (Å²) < 4.78 is 0. The molecule has 0 aliphatic heterocycles. The van der Waals surface area contributed by atoms with Crippen LogP contribution in [0.4, 0.5) is 0 Å². The molecule has 0 heterocycles. The maximum absolute atomic E-state index is 9.30. The molecular formula is C11H23NO. The molecule has 0 saturated carbocycles. The van der Waals surface area contributed by atoms with E-state index in [4.69, 9.17) is 0 Å². The summed E-state index contributed by atoms with van der Waals surface area (Å²) in [5.41, 5.74) is 0.0528. The van der Waals surface area contributed by atoms with E-state index < -0.39 is 0 Å². The van der Waals surface area contributed by atoms with Crippen LogP contribution in [-0.2, 0) is 0 Å². The fourth-order valence-electron chi connectivity index (χ4n) is 1.24. The highest BCUT2D eigenvalue weighted by Crippen LogP contribution is 2.24. The zero-order chi connectivity index (χ0) is 10.3. The third-order valence-electron chi connectivity index (χ3n) is 2.99. The molecular weight excluding hydrogens is 162 g/mol. The lowest BCUT2D eigenvalue weighted by atomic mass is 9.83. The van der Waals surface area contributed by atoms with Crippen molar-refractivity contribution in [1.29, 1.82) is 0 Å². The van der Waals surface area contributed by atoms with Crippen LogP contribution in [-0.4, -0.2) is 24.3 Å². The Morgan fingerprint density at radius 2 is 2.00 bits per heavy atom. The predicted molar refractivity (Wildman–Crippen MR) is 57.8 cm³/mol. The maximum atomic E-state index is 9.30. The van der Waals surface area contributed by atoms with Gasteiger partial charge in [-0.15, -0.1) is 6.58 Å². The summed E-state index contributed by atoms with van der Waals surface area (Å²) in [5, 5.41) is 12.6. The Bertz CT molecular complexity index is 133. The van der Waals surface area contributed by atoms with Crippen LogP contribution < -0.4 is 5.32 Å². The zero-order valence-corrected chi connectivity index (χ0v) is 9.14. The zero-order valence-electron chi connectivity index (χ0n) is 9.14. The number of hydrogen-bond acceptors (Lipinski definition) is 2. The van der Waals surface area contributed by atoms with Gasteiger partial charge in [-0.3, -0.25) is 0 Å². The molecule has 0 amide bonds. The van der Waals surface area contributed by atoms with Crippen LogP contribution in [0.1, 0.15) is 33.6 Å². The van der Waals surface area contributed by atoms with Gasteiger partial charge < -0.3 is 10.4 Å². The Morgan fingerprint density at radius 1 is 1.46 bits per heavy atom. The summed E-state index contributed by atoms with van der Waals surface area (Å²) in [6, 6.07) is 0.323. The van der Waals surface area contributed by atoms with Crippen LogP contribution in [0.25, 0.3) is 0 Å². The van der Waals surface area contributed by atoms with Gasteiger partial charge in [0.25, 0.3) is 0 Å². The lowest BCUT2D eigenvalue weighted by Gasteiger charge is -2.30. The quantitative estimate of drug-likeness (QED) is 0.594. The second-order valence-corrected chi connectivity index (χ2v) is 3.77. The molecule has 0 aromatic heterocycles. The Morgan fingerprint density at radius 3 is 2.31 bits per heavy atom. The van der Waals surface area contributed by atoms with Crippen molar-refractivity contribution in [2.24, 2.45) is 5.41 Å². The third kappa shape index (κ3) is 3.92. The standard InChI is InChI=1S/C11H23NO/c1-5-10(4)12-8-11(6-2,7-3)9-13/h5,10,12-13H,1,6-9H2,2-4H3. The Hall–Kier alpha value is -0.340. The van der Waals surface area contributed by atoms with E-state index in [2.05, 4.69) is 32.7 Å². The van der Waals surface area contributed by atoms with Crippen LogP contribution in [0.2, 0.25) is 0 Å². The van der Waals surface area contributed by atoms with Crippen molar-refractivity contribution in [3.05, 3.63) is 12.7 Å². The molecule has 0 radical (unpaired) electrons. The highest BCUT2D eigenvalue weighted by Gasteiger charge is 2.24. The van der Waals surface area contributed by atoms with Gasteiger partial charge in [0.05, 0.1) is 0 Å². The van der Waals surface area contributed by atoms with E-state index in [0.29, 0.717) is 6.04 Å². The first-order valence-electron chi connectivity index (χ1n) is 5.11. The van der Waals surface area contributed by atoms with Crippen LogP contribution in [0.3, 0.4) is 0 Å². The van der Waals surface area contributed by atoms with Crippen LogP contribution in [0, 0.1) is 5.41 Å². The normalized spacial score (nSPS) is 14.2. The highest BCUT2D eigenvalue weighted by molar-refractivity contribution is 4.85. The largest absolute Gasteiger partial charge is 0.396 e. The summed E-state index contributed by atoms with van der Waals surface area (Å²) in [7, 11) is 0. The smallest absolute Gasteiger partial charge is 0.0499 e. The molecule has 1 unspecified atom stereocenters. The van der Waals surface area contributed by atoms with E-state index in [1.54, 1.807) is 0 Å². The van der Waals surface area contributed by atoms with Crippen molar-refractivity contribution >= 4 is 0 Å². The van der Waals surface area contributed by atoms with E-state index in [9.17, 15) is 5.11 Å². The molecule has 0 aromatic rings. The van der Waals surface area contributed by atoms with Crippen molar-refractivity contribution in [3.63, 3.8) is 0 Å². The van der Waals surface area contributed by atoms with E-state index in [-0.39, 0.29) is 12.0 Å². The number of hydrogen-bond donors (Lipinski definition) is 2. The van der Waals surface area contributed by atoms with Gasteiger partial charge in [0, 0.05) is 24.6 Å². The van der Waals surface area contributed by atoms with E-state index >= 15 is 0 Å². The van der Waals surface area contributed by atoms with Gasteiger partial charge in [-0.2, -0.15) is 0 Å². The van der Waals surface area contributed by atoms with Gasteiger partial charge >= 0.3 is 0 Å². The molecule has 0 fully saturated rings. The van der Waals surface area contributed by atoms with E-state index in [1.807, 2.05) is 6.08 Å². The topological polar surface area (TPSA) is 32.3 Å². The molecule has 0 aliphatic rings. The Balaban J connectivity index is 4.02. The first kappa shape index (κ1) is 12.7. The molecule has 2 N–H and O–H groups in total. The van der Waals surface area contributed by atoms with Crippen molar-refractivity contribution in [2.75, 3.05) is 13.2 Å². The lowest BCUT2D eigenvalue weighted by Crippen LogP contribution is -2.39. The summed E-state index contributed by atoms with van der Waals surface area (Å²) in [4.78, 5) is 0. The minimum atomic E-state index is 0.0528. The van der Waals surface area contributed by atoms with Crippen molar-refractivity contribution in [1.82, 2.24) is 5.32 Å². The maximum Gasteiger partial charge on any atom is 0.0499 e. The van der Waals surface area contributed by atoms with Gasteiger partial charge in [0.15, 0.2) is 0 Å². The predicted octanol–water partition coefficient (Wildman–Crippen LogP) is 1.95. The molecule has 0 rings (SSSR count). The minimum absolute atomic E-state index is 0.0528. The molecule has 0 saturated heterocycles. The second-order valence-electron chi connectivity index (χ2n) is 3.77. The molecule has 0 aromatic carbocycles. The summed E-state index contributed by atoms with van der Waals surface area (Å²) >= 11 is 0. The van der Waals surface area contributed by atoms with Crippen molar-refractivity contribution in [2.45, 2.75) is 39.7 Å². The first-order valence-corrected chi connectivity index (χ1v) is 5.11. The Labute approximate surface area is 82.0 Å². The first-order chi connectivity index (χ1) is 6.14.